The molecule has 50 valence electrons. The van der Waals surface area contributed by atoms with Crippen molar-refractivity contribution >= 4 is 23.9 Å². The Balaban J connectivity index is 2.54. The van der Waals surface area contributed by atoms with Crippen LogP contribution in [0.15, 0.2) is 0 Å². The molecular weight excluding hydrogens is 140 g/mol. The van der Waals surface area contributed by atoms with Gasteiger partial charge in [-0.1, -0.05) is 0 Å². The molecule has 1 N–H and O–H groups in total. The third-order valence-electron chi connectivity index (χ3n) is 0.959. The maximum atomic E-state index is 10.6. The van der Waals surface area contributed by atoms with Gasteiger partial charge < -0.3 is 0 Å². The van der Waals surface area contributed by atoms with E-state index < -0.39 is 0 Å². The fourth-order valence-corrected chi connectivity index (χ4v) is 0.932. The lowest BCUT2D eigenvalue weighted by atomic mass is 10.4. The normalized spacial score (nSPS) is 19.9. The zero-order valence-corrected chi connectivity index (χ0v) is 5.70. The Morgan fingerprint density at radius 1 is 1.67 bits per heavy atom. The first kappa shape index (κ1) is 6.41. The maximum absolute atomic E-state index is 10.6. The number of nitrogens with zero attached hydrogens (tertiary/aromatic N) is 1. The van der Waals surface area contributed by atoms with Crippen LogP contribution in [0.25, 0.3) is 0 Å². The first-order valence-electron chi connectivity index (χ1n) is 2.42. The van der Waals surface area contributed by atoms with Crippen LogP contribution in [-0.2, 0) is 9.59 Å². The summed E-state index contributed by atoms with van der Waals surface area (Å²) in [5.41, 5.74) is 0. The van der Waals surface area contributed by atoms with Gasteiger partial charge in [-0.2, -0.15) is 0 Å². The predicted octanol–water partition coefficient (Wildman–Crippen LogP) is -0.472. The average molecular weight is 146 g/mol. The van der Waals surface area contributed by atoms with E-state index in [1.54, 1.807) is 7.05 Å². The molecule has 0 radical (unpaired) electrons. The molecule has 1 rings (SSSR count). The molecule has 0 saturated carbocycles. The van der Waals surface area contributed by atoms with Crippen LogP contribution in [0, 0.1) is 0 Å². The van der Waals surface area contributed by atoms with Crippen molar-refractivity contribution in [1.29, 1.82) is 0 Å². The Morgan fingerprint density at radius 3 is 2.78 bits per heavy atom. The third kappa shape index (κ3) is 1.35. The molecule has 0 aromatic carbocycles. The summed E-state index contributed by atoms with van der Waals surface area (Å²) in [6.07, 6.45) is -0.0243. The molecule has 1 aliphatic rings. The Morgan fingerprint density at radius 2 is 2.33 bits per heavy atom. The largest absolute Gasteiger partial charge is 0.282 e. The molecular formula is C4H6N2O2S. The molecule has 9 heavy (non-hydrogen) atoms. The summed E-state index contributed by atoms with van der Waals surface area (Å²) in [6.45, 7) is 0. The molecule has 1 heterocycles. The molecule has 0 atom stereocenters. The summed E-state index contributed by atoms with van der Waals surface area (Å²) in [7, 11) is 1.62. The zero-order chi connectivity index (χ0) is 6.85. The minimum Gasteiger partial charge on any atom is -0.282 e. The number of carbonyl (C=O) groups excluding carboxylic acids is 2. The van der Waals surface area contributed by atoms with Crippen molar-refractivity contribution in [3.05, 3.63) is 0 Å². The molecule has 5 heteroatoms. The minimum absolute atomic E-state index is 0.0243. The first-order valence-corrected chi connectivity index (χ1v) is 3.20. The molecule has 0 aromatic heterocycles. The predicted molar refractivity (Wildman–Crippen MR) is 33.1 cm³/mol. The van der Waals surface area contributed by atoms with Crippen molar-refractivity contribution in [1.82, 2.24) is 9.03 Å². The fourth-order valence-electron chi connectivity index (χ4n) is 0.455. The van der Waals surface area contributed by atoms with Gasteiger partial charge in [-0.3, -0.25) is 18.6 Å². The van der Waals surface area contributed by atoms with Gasteiger partial charge in [0.25, 0.3) is 0 Å². The van der Waals surface area contributed by atoms with Gasteiger partial charge >= 0.3 is 0 Å². The van der Waals surface area contributed by atoms with Gasteiger partial charge in [0.15, 0.2) is 0 Å². The highest BCUT2D eigenvalue weighted by Gasteiger charge is 2.20. The number of nitrogens with one attached hydrogen (secondary N) is 1. The molecule has 0 aliphatic carbocycles. The summed E-state index contributed by atoms with van der Waals surface area (Å²) < 4.78 is 3.84. The van der Waals surface area contributed by atoms with E-state index in [0.29, 0.717) is 0 Å². The summed E-state index contributed by atoms with van der Waals surface area (Å²) in [4.78, 5) is 21.1. The standard InChI is InChI=1S/C4H6N2O2S/c1-6-4(8)2-3(7)5-9-6/h2H2,1H3,(H,5,7). The second kappa shape index (κ2) is 2.26. The fraction of sp³-hybridized carbons (Fsp3) is 0.500. The highest BCUT2D eigenvalue weighted by molar-refractivity contribution is 7.96. The summed E-state index contributed by atoms with van der Waals surface area (Å²) in [5, 5.41) is 0. The average Bonchev–Trinajstić information content (AvgIpc) is 1.80. The molecule has 4 nitrogen and oxygen atoms in total. The highest BCUT2D eigenvalue weighted by Crippen LogP contribution is 2.09. The van der Waals surface area contributed by atoms with E-state index in [1.807, 2.05) is 0 Å². The van der Waals surface area contributed by atoms with Crippen LogP contribution >= 0.6 is 12.1 Å². The Bertz CT molecular complexity index is 159. The quantitative estimate of drug-likeness (QED) is 0.371. The number of rotatable bonds is 0. The van der Waals surface area contributed by atoms with Crippen molar-refractivity contribution < 1.29 is 9.59 Å². The van der Waals surface area contributed by atoms with Gasteiger partial charge in [-0.05, 0) is 0 Å². The number of amides is 2. The van der Waals surface area contributed by atoms with Crippen molar-refractivity contribution in [3.63, 3.8) is 0 Å². The maximum Gasteiger partial charge on any atom is 0.242 e. The van der Waals surface area contributed by atoms with E-state index in [1.165, 1.54) is 4.31 Å². The van der Waals surface area contributed by atoms with E-state index >= 15 is 0 Å². The van der Waals surface area contributed by atoms with Crippen LogP contribution in [0.2, 0.25) is 0 Å². The Labute approximate surface area is 56.9 Å². The second-order valence-corrected chi connectivity index (χ2v) is 2.62. The lowest BCUT2D eigenvalue weighted by Crippen LogP contribution is -2.36. The summed E-state index contributed by atoms with van der Waals surface area (Å²) in [6, 6.07) is 0. The Kier molecular flexibility index (Phi) is 1.61. The Hall–Kier alpha value is -0.710. The lowest BCUT2D eigenvalue weighted by Gasteiger charge is -2.19. The first-order chi connectivity index (χ1) is 4.20. The monoisotopic (exact) mass is 146 g/mol. The van der Waals surface area contributed by atoms with Crippen molar-refractivity contribution in [2.45, 2.75) is 6.42 Å². The van der Waals surface area contributed by atoms with Crippen LogP contribution in [0.4, 0.5) is 0 Å². The van der Waals surface area contributed by atoms with Crippen LogP contribution in [0.1, 0.15) is 6.42 Å². The van der Waals surface area contributed by atoms with Gasteiger partial charge in [-0.15, -0.1) is 0 Å². The van der Waals surface area contributed by atoms with E-state index in [0.717, 1.165) is 12.1 Å². The summed E-state index contributed by atoms with van der Waals surface area (Å²) in [5.74, 6) is -0.369. The smallest absolute Gasteiger partial charge is 0.242 e. The number of hydrogen-bond acceptors (Lipinski definition) is 3. The minimum atomic E-state index is -0.219. The topological polar surface area (TPSA) is 49.4 Å². The van der Waals surface area contributed by atoms with E-state index in [9.17, 15) is 9.59 Å². The summed E-state index contributed by atoms with van der Waals surface area (Å²) >= 11 is 1.02. The number of carbonyl (C=O) groups is 2. The van der Waals surface area contributed by atoms with Crippen molar-refractivity contribution in [2.24, 2.45) is 0 Å². The number of hydrogen-bond donors (Lipinski definition) is 1. The highest BCUT2D eigenvalue weighted by atomic mass is 32.2. The molecule has 1 aliphatic heterocycles. The van der Waals surface area contributed by atoms with Gasteiger partial charge in [-0.25, -0.2) is 0 Å². The third-order valence-corrected chi connectivity index (χ3v) is 1.76. The van der Waals surface area contributed by atoms with Gasteiger partial charge in [0.2, 0.25) is 11.8 Å². The second-order valence-electron chi connectivity index (χ2n) is 1.68. The molecule has 0 aromatic rings. The molecule has 1 fully saturated rings. The molecule has 1 saturated heterocycles. The van der Waals surface area contributed by atoms with Gasteiger partial charge in [0.1, 0.15) is 6.42 Å². The van der Waals surface area contributed by atoms with Crippen molar-refractivity contribution in [2.75, 3.05) is 7.05 Å². The SMILES string of the molecule is CN1SNC(=O)CC1=O. The lowest BCUT2D eigenvalue weighted by molar-refractivity contribution is -0.132. The molecule has 0 unspecified atom stereocenters. The van der Waals surface area contributed by atoms with Crippen LogP contribution in [0.5, 0.6) is 0 Å². The van der Waals surface area contributed by atoms with Gasteiger partial charge in [0, 0.05) is 7.05 Å². The van der Waals surface area contributed by atoms with E-state index in [-0.39, 0.29) is 18.2 Å². The molecule has 0 spiro atoms. The van der Waals surface area contributed by atoms with E-state index in [2.05, 4.69) is 4.72 Å². The van der Waals surface area contributed by atoms with Crippen LogP contribution < -0.4 is 4.72 Å². The molecule has 2 amide bonds. The molecule has 0 bridgehead atoms. The van der Waals surface area contributed by atoms with E-state index in [4.69, 9.17) is 0 Å². The van der Waals surface area contributed by atoms with Crippen LogP contribution in [-0.4, -0.2) is 23.2 Å². The van der Waals surface area contributed by atoms with Crippen molar-refractivity contribution in [3.8, 4) is 0 Å². The zero-order valence-electron chi connectivity index (χ0n) is 4.88. The van der Waals surface area contributed by atoms with Crippen LogP contribution in [0.3, 0.4) is 0 Å². The van der Waals surface area contributed by atoms with Gasteiger partial charge in [0.05, 0.1) is 12.1 Å².